The number of thiophene rings is 1. The zero-order chi connectivity index (χ0) is 13.5. The first-order valence-corrected chi connectivity index (χ1v) is 7.63. The Bertz CT molecular complexity index is 493. The Balaban J connectivity index is 2.04. The van der Waals surface area contributed by atoms with Gasteiger partial charge in [-0.05, 0) is 36.9 Å². The van der Waals surface area contributed by atoms with Gasteiger partial charge in [-0.1, -0.05) is 31.2 Å². The van der Waals surface area contributed by atoms with Gasteiger partial charge < -0.3 is 10.1 Å². The minimum atomic E-state index is 0.656. The summed E-state index contributed by atoms with van der Waals surface area (Å²) in [7, 11) is 0. The fourth-order valence-corrected chi connectivity index (χ4v) is 2.61. The van der Waals surface area contributed by atoms with Gasteiger partial charge in [0.15, 0.2) is 0 Å². The lowest BCUT2D eigenvalue weighted by Crippen LogP contribution is -2.15. The Morgan fingerprint density at radius 1 is 1.21 bits per heavy atom. The van der Waals surface area contributed by atoms with Crippen LogP contribution in [-0.4, -0.2) is 6.54 Å². The van der Waals surface area contributed by atoms with Crippen molar-refractivity contribution in [1.29, 1.82) is 0 Å². The Labute approximate surface area is 119 Å². The predicted molar refractivity (Wildman–Crippen MR) is 81.8 cm³/mol. The molecule has 0 saturated carbocycles. The lowest BCUT2D eigenvalue weighted by molar-refractivity contribution is 0.303. The number of ether oxygens (including phenoxy) is 1. The van der Waals surface area contributed by atoms with Crippen molar-refractivity contribution in [2.75, 3.05) is 6.54 Å². The molecule has 1 N–H and O–H groups in total. The zero-order valence-corrected chi connectivity index (χ0v) is 12.4. The van der Waals surface area contributed by atoms with Crippen LogP contribution in [-0.2, 0) is 13.2 Å². The minimum absolute atomic E-state index is 0.656. The molecule has 0 radical (unpaired) electrons. The van der Waals surface area contributed by atoms with Crippen molar-refractivity contribution in [3.05, 3.63) is 51.7 Å². The van der Waals surface area contributed by atoms with E-state index in [2.05, 4.69) is 54.9 Å². The van der Waals surface area contributed by atoms with Crippen molar-refractivity contribution in [1.82, 2.24) is 5.32 Å². The molecule has 1 aromatic carbocycles. The fourth-order valence-electron chi connectivity index (χ4n) is 2.00. The molecular formula is C16H21NOS. The molecule has 0 bridgehead atoms. The smallest absolute Gasteiger partial charge is 0.127 e. The topological polar surface area (TPSA) is 21.3 Å². The van der Waals surface area contributed by atoms with Gasteiger partial charge in [0.1, 0.15) is 12.4 Å². The molecule has 1 aromatic heterocycles. The van der Waals surface area contributed by atoms with E-state index in [4.69, 9.17) is 4.74 Å². The van der Waals surface area contributed by atoms with Gasteiger partial charge in [0.05, 0.1) is 0 Å². The fraction of sp³-hybridized carbons (Fsp3) is 0.375. The van der Waals surface area contributed by atoms with Crippen molar-refractivity contribution in [3.63, 3.8) is 0 Å². The third-order valence-corrected chi connectivity index (χ3v) is 3.82. The summed E-state index contributed by atoms with van der Waals surface area (Å²) in [6, 6.07) is 10.5. The average molecular weight is 275 g/mol. The summed E-state index contributed by atoms with van der Waals surface area (Å²) in [5, 5.41) is 5.52. The highest BCUT2D eigenvalue weighted by Gasteiger charge is 2.07. The molecule has 2 nitrogen and oxygen atoms in total. The van der Waals surface area contributed by atoms with E-state index in [0.717, 1.165) is 25.3 Å². The van der Waals surface area contributed by atoms with Crippen molar-refractivity contribution < 1.29 is 4.74 Å². The van der Waals surface area contributed by atoms with E-state index in [-0.39, 0.29) is 0 Å². The summed E-state index contributed by atoms with van der Waals surface area (Å²) in [5.41, 5.74) is 2.44. The lowest BCUT2D eigenvalue weighted by atomic mass is 10.1. The Morgan fingerprint density at radius 2 is 2.11 bits per heavy atom. The van der Waals surface area contributed by atoms with Crippen LogP contribution in [0.3, 0.4) is 0 Å². The highest BCUT2D eigenvalue weighted by Crippen LogP contribution is 2.25. The molecule has 0 atom stereocenters. The first-order chi connectivity index (χ1) is 9.31. The van der Waals surface area contributed by atoms with Crippen LogP contribution in [0.25, 0.3) is 0 Å². The standard InChI is InChI=1S/C16H21NOS/c1-3-9-17-11-14-7-4-6-13(2)16(14)18-12-15-8-5-10-19-15/h4-8,10,17H,3,9,11-12H2,1-2H3. The summed E-state index contributed by atoms with van der Waals surface area (Å²) in [4.78, 5) is 1.26. The van der Waals surface area contributed by atoms with Crippen molar-refractivity contribution >= 4 is 11.3 Å². The van der Waals surface area contributed by atoms with Crippen LogP contribution in [0.5, 0.6) is 5.75 Å². The molecule has 0 aliphatic heterocycles. The number of hydrogen-bond acceptors (Lipinski definition) is 3. The van der Waals surface area contributed by atoms with E-state index in [1.807, 2.05) is 0 Å². The van der Waals surface area contributed by atoms with Gasteiger partial charge in [0.25, 0.3) is 0 Å². The van der Waals surface area contributed by atoms with Gasteiger partial charge in [0, 0.05) is 17.0 Å². The third-order valence-electron chi connectivity index (χ3n) is 2.97. The van der Waals surface area contributed by atoms with E-state index in [0.29, 0.717) is 6.61 Å². The van der Waals surface area contributed by atoms with Gasteiger partial charge in [-0.3, -0.25) is 0 Å². The Morgan fingerprint density at radius 3 is 2.84 bits per heavy atom. The second kappa shape index (κ2) is 7.31. The Hall–Kier alpha value is -1.32. The maximum absolute atomic E-state index is 6.01. The third kappa shape index (κ3) is 4.08. The number of para-hydroxylation sites is 1. The van der Waals surface area contributed by atoms with E-state index in [9.17, 15) is 0 Å². The van der Waals surface area contributed by atoms with Crippen LogP contribution >= 0.6 is 11.3 Å². The second-order valence-electron chi connectivity index (χ2n) is 4.61. The number of benzene rings is 1. The molecule has 0 aliphatic carbocycles. The van der Waals surface area contributed by atoms with Crippen LogP contribution in [0.1, 0.15) is 29.3 Å². The van der Waals surface area contributed by atoms with E-state index in [1.165, 1.54) is 16.0 Å². The summed E-state index contributed by atoms with van der Waals surface area (Å²) in [6.07, 6.45) is 1.15. The molecular weight excluding hydrogens is 254 g/mol. The van der Waals surface area contributed by atoms with Crippen LogP contribution in [0, 0.1) is 6.92 Å². The van der Waals surface area contributed by atoms with Crippen LogP contribution < -0.4 is 10.1 Å². The molecule has 3 heteroatoms. The molecule has 2 aromatic rings. The van der Waals surface area contributed by atoms with Crippen LogP contribution in [0.15, 0.2) is 35.7 Å². The van der Waals surface area contributed by atoms with E-state index >= 15 is 0 Å². The molecule has 2 rings (SSSR count). The van der Waals surface area contributed by atoms with Gasteiger partial charge >= 0.3 is 0 Å². The molecule has 0 amide bonds. The van der Waals surface area contributed by atoms with Crippen molar-refractivity contribution in [3.8, 4) is 5.75 Å². The minimum Gasteiger partial charge on any atom is -0.487 e. The SMILES string of the molecule is CCCNCc1cccc(C)c1OCc1cccs1. The number of nitrogens with one attached hydrogen (secondary N) is 1. The highest BCUT2D eigenvalue weighted by molar-refractivity contribution is 7.09. The monoisotopic (exact) mass is 275 g/mol. The molecule has 0 fully saturated rings. The second-order valence-corrected chi connectivity index (χ2v) is 5.64. The number of hydrogen-bond donors (Lipinski definition) is 1. The van der Waals surface area contributed by atoms with E-state index in [1.54, 1.807) is 11.3 Å². The molecule has 0 spiro atoms. The number of aryl methyl sites for hydroxylation is 1. The highest BCUT2D eigenvalue weighted by atomic mass is 32.1. The quantitative estimate of drug-likeness (QED) is 0.767. The predicted octanol–water partition coefficient (Wildman–Crippen LogP) is 4.14. The van der Waals surface area contributed by atoms with Crippen LogP contribution in [0.2, 0.25) is 0 Å². The molecule has 0 unspecified atom stereocenters. The summed E-state index contributed by atoms with van der Waals surface area (Å²) < 4.78 is 6.01. The largest absolute Gasteiger partial charge is 0.487 e. The normalized spacial score (nSPS) is 10.6. The molecule has 19 heavy (non-hydrogen) atoms. The zero-order valence-electron chi connectivity index (χ0n) is 11.6. The molecule has 0 aliphatic rings. The summed E-state index contributed by atoms with van der Waals surface area (Å²) in [6.45, 7) is 6.85. The van der Waals surface area contributed by atoms with E-state index < -0.39 is 0 Å². The van der Waals surface area contributed by atoms with Crippen LogP contribution in [0.4, 0.5) is 0 Å². The molecule has 102 valence electrons. The molecule has 0 saturated heterocycles. The Kier molecular flexibility index (Phi) is 5.43. The first kappa shape index (κ1) is 14.1. The molecule has 1 heterocycles. The van der Waals surface area contributed by atoms with Crippen molar-refractivity contribution in [2.24, 2.45) is 0 Å². The first-order valence-electron chi connectivity index (χ1n) is 6.75. The summed E-state index contributed by atoms with van der Waals surface area (Å²) in [5.74, 6) is 1.03. The summed E-state index contributed by atoms with van der Waals surface area (Å²) >= 11 is 1.73. The van der Waals surface area contributed by atoms with Gasteiger partial charge in [-0.25, -0.2) is 0 Å². The van der Waals surface area contributed by atoms with Gasteiger partial charge in [-0.2, -0.15) is 0 Å². The maximum atomic E-state index is 6.01. The maximum Gasteiger partial charge on any atom is 0.127 e. The average Bonchev–Trinajstić information content (AvgIpc) is 2.91. The van der Waals surface area contributed by atoms with Gasteiger partial charge in [0.2, 0.25) is 0 Å². The number of rotatable bonds is 7. The van der Waals surface area contributed by atoms with Crippen molar-refractivity contribution in [2.45, 2.75) is 33.4 Å². The van der Waals surface area contributed by atoms with Gasteiger partial charge in [-0.15, -0.1) is 11.3 Å². The lowest BCUT2D eigenvalue weighted by Gasteiger charge is -2.14.